The van der Waals surface area contributed by atoms with Crippen molar-refractivity contribution < 1.29 is 18.7 Å². The number of halogens is 1. The molecule has 3 aromatic heterocycles. The van der Waals surface area contributed by atoms with E-state index in [0.717, 1.165) is 16.5 Å². The molecule has 1 N–H and O–H groups in total. The fraction of sp³-hybridized carbons (Fsp3) is 0.148. The molecule has 5 rings (SSSR count). The summed E-state index contributed by atoms with van der Waals surface area (Å²) in [6, 6.07) is 17.0. The minimum atomic E-state index is -0.540. The van der Waals surface area contributed by atoms with Crippen LogP contribution in [0.5, 0.6) is 5.75 Å². The second-order valence-electron chi connectivity index (χ2n) is 8.13. The number of ether oxygens (including phenoxy) is 2. The number of para-hydroxylation sites is 1. The molecular weight excluding hydrogens is 475 g/mol. The molecule has 0 unspecified atom stereocenters. The zero-order chi connectivity index (χ0) is 25.9. The van der Waals surface area contributed by atoms with Crippen LogP contribution in [0.1, 0.15) is 22.8 Å². The Morgan fingerprint density at radius 3 is 2.59 bits per heavy atom. The Balaban J connectivity index is 1.57. The first kappa shape index (κ1) is 23.9. The zero-order valence-electron chi connectivity index (χ0n) is 20.4. The van der Waals surface area contributed by atoms with Gasteiger partial charge in [0.15, 0.2) is 17.5 Å². The van der Waals surface area contributed by atoms with Gasteiger partial charge in [-0.3, -0.25) is 0 Å². The Bertz CT molecular complexity index is 1580. The number of esters is 1. The maximum atomic E-state index is 13.3. The largest absolute Gasteiger partial charge is 0.494 e. The second kappa shape index (κ2) is 10.0. The highest BCUT2D eigenvalue weighted by Crippen LogP contribution is 2.30. The van der Waals surface area contributed by atoms with Crippen molar-refractivity contribution in [2.24, 2.45) is 0 Å². The van der Waals surface area contributed by atoms with E-state index in [1.54, 1.807) is 38.3 Å². The van der Waals surface area contributed by atoms with E-state index in [9.17, 15) is 9.18 Å². The highest BCUT2D eigenvalue weighted by atomic mass is 19.1. The number of nitrogens with zero attached hydrogens (tertiary/aromatic N) is 5. The third kappa shape index (κ3) is 4.68. The van der Waals surface area contributed by atoms with E-state index in [-0.39, 0.29) is 18.0 Å². The van der Waals surface area contributed by atoms with Crippen LogP contribution < -0.4 is 10.1 Å². The van der Waals surface area contributed by atoms with Crippen LogP contribution in [0, 0.1) is 12.7 Å². The molecule has 37 heavy (non-hydrogen) atoms. The zero-order valence-corrected chi connectivity index (χ0v) is 20.4. The van der Waals surface area contributed by atoms with Gasteiger partial charge >= 0.3 is 5.97 Å². The number of carbonyl (C=O) groups excluding carboxylic acids is 1. The lowest BCUT2D eigenvalue weighted by Crippen LogP contribution is -2.11. The highest BCUT2D eigenvalue weighted by molar-refractivity contribution is 5.96. The molecule has 3 heterocycles. The number of nitrogens with one attached hydrogen (secondary N) is 1. The summed E-state index contributed by atoms with van der Waals surface area (Å²) in [5.41, 5.74) is 3.14. The van der Waals surface area contributed by atoms with Crippen LogP contribution in [0.25, 0.3) is 28.0 Å². The molecule has 9 nitrogen and oxygen atoms in total. The van der Waals surface area contributed by atoms with Gasteiger partial charge < -0.3 is 14.8 Å². The third-order valence-corrected chi connectivity index (χ3v) is 5.75. The minimum absolute atomic E-state index is 0.208. The molecule has 0 fully saturated rings. The number of pyridine rings is 1. The molecule has 0 spiro atoms. The molecule has 10 heteroatoms. The van der Waals surface area contributed by atoms with Crippen molar-refractivity contribution in [3.63, 3.8) is 0 Å². The van der Waals surface area contributed by atoms with Gasteiger partial charge in [-0.1, -0.05) is 12.1 Å². The van der Waals surface area contributed by atoms with Crippen molar-refractivity contribution in [1.29, 1.82) is 0 Å². The molecule has 0 aliphatic rings. The SMILES string of the molecule is CCOC(=O)c1cnn(-c2cc(C)c3cccc(OC)c3n2)c1Nc1ccc(-c2ccc(F)cc2)nn1. The molecule has 5 aromatic rings. The quantitative estimate of drug-likeness (QED) is 0.303. The monoisotopic (exact) mass is 498 g/mol. The molecule has 0 aliphatic carbocycles. The van der Waals surface area contributed by atoms with Crippen LogP contribution in [0.3, 0.4) is 0 Å². The summed E-state index contributed by atoms with van der Waals surface area (Å²) >= 11 is 0. The number of fused-ring (bicyclic) bond motifs is 1. The number of methoxy groups -OCH3 is 1. The van der Waals surface area contributed by atoms with Crippen molar-refractivity contribution >= 4 is 28.5 Å². The number of carbonyl (C=O) groups is 1. The number of aryl methyl sites for hydroxylation is 1. The fourth-order valence-corrected chi connectivity index (χ4v) is 3.94. The van der Waals surface area contributed by atoms with Crippen LogP contribution in [-0.4, -0.2) is 44.6 Å². The molecule has 0 bridgehead atoms. The van der Waals surface area contributed by atoms with Crippen LogP contribution in [-0.2, 0) is 4.74 Å². The molecule has 186 valence electrons. The van der Waals surface area contributed by atoms with Crippen molar-refractivity contribution in [3.05, 3.63) is 83.8 Å². The Kier molecular flexibility index (Phi) is 6.46. The molecule has 2 aromatic carbocycles. The van der Waals surface area contributed by atoms with Crippen LogP contribution >= 0.6 is 0 Å². The van der Waals surface area contributed by atoms with Crippen molar-refractivity contribution in [1.82, 2.24) is 25.0 Å². The number of hydrogen-bond donors (Lipinski definition) is 1. The van der Waals surface area contributed by atoms with Gasteiger partial charge in [0.2, 0.25) is 0 Å². The second-order valence-corrected chi connectivity index (χ2v) is 8.13. The average Bonchev–Trinajstić information content (AvgIpc) is 3.33. The minimum Gasteiger partial charge on any atom is -0.494 e. The lowest BCUT2D eigenvalue weighted by atomic mass is 10.1. The maximum Gasteiger partial charge on any atom is 0.343 e. The number of rotatable bonds is 7. The summed E-state index contributed by atoms with van der Waals surface area (Å²) in [5.74, 6) is 0.921. The van der Waals surface area contributed by atoms with Gasteiger partial charge in [0, 0.05) is 10.9 Å². The third-order valence-electron chi connectivity index (χ3n) is 5.75. The fourth-order valence-electron chi connectivity index (χ4n) is 3.94. The molecule has 0 saturated carbocycles. The predicted molar refractivity (Wildman–Crippen MR) is 137 cm³/mol. The molecule has 0 atom stereocenters. The first-order chi connectivity index (χ1) is 18.0. The van der Waals surface area contributed by atoms with E-state index in [1.807, 2.05) is 31.2 Å². The normalized spacial score (nSPS) is 10.9. The van der Waals surface area contributed by atoms with Gasteiger partial charge in [-0.2, -0.15) is 9.78 Å². The van der Waals surface area contributed by atoms with Crippen LogP contribution in [0.4, 0.5) is 16.0 Å². The van der Waals surface area contributed by atoms with Gasteiger partial charge in [-0.15, -0.1) is 10.2 Å². The summed E-state index contributed by atoms with van der Waals surface area (Å²) in [5, 5.41) is 17.0. The molecule has 0 saturated heterocycles. The molecule has 0 amide bonds. The van der Waals surface area contributed by atoms with Gasteiger partial charge in [0.05, 0.1) is 25.6 Å². The Hall–Kier alpha value is -4.86. The molecule has 0 aliphatic heterocycles. The topological polar surface area (TPSA) is 104 Å². The summed E-state index contributed by atoms with van der Waals surface area (Å²) in [6.07, 6.45) is 1.42. The first-order valence-electron chi connectivity index (χ1n) is 11.5. The first-order valence-corrected chi connectivity index (χ1v) is 11.5. The Morgan fingerprint density at radius 2 is 1.89 bits per heavy atom. The number of benzene rings is 2. The molecular formula is C27H23FN6O3. The lowest BCUT2D eigenvalue weighted by molar-refractivity contribution is 0.0527. The van der Waals surface area contributed by atoms with Gasteiger partial charge in [0.25, 0.3) is 0 Å². The van der Waals surface area contributed by atoms with E-state index in [4.69, 9.17) is 14.5 Å². The van der Waals surface area contributed by atoms with Crippen molar-refractivity contribution in [3.8, 4) is 22.8 Å². The predicted octanol–water partition coefficient (Wildman–Crippen LogP) is 5.25. The summed E-state index contributed by atoms with van der Waals surface area (Å²) in [4.78, 5) is 17.5. The van der Waals surface area contributed by atoms with E-state index in [1.165, 1.54) is 23.0 Å². The molecule has 0 radical (unpaired) electrons. The summed E-state index contributed by atoms with van der Waals surface area (Å²) in [7, 11) is 1.59. The number of aromatic nitrogens is 5. The van der Waals surface area contributed by atoms with E-state index < -0.39 is 5.97 Å². The van der Waals surface area contributed by atoms with E-state index in [0.29, 0.717) is 34.4 Å². The van der Waals surface area contributed by atoms with Crippen molar-refractivity contribution in [2.75, 3.05) is 19.0 Å². The number of anilines is 2. The van der Waals surface area contributed by atoms with E-state index >= 15 is 0 Å². The summed E-state index contributed by atoms with van der Waals surface area (Å²) in [6.45, 7) is 3.91. The smallest absolute Gasteiger partial charge is 0.343 e. The van der Waals surface area contributed by atoms with Gasteiger partial charge in [0.1, 0.15) is 22.6 Å². The van der Waals surface area contributed by atoms with Crippen LogP contribution in [0.15, 0.2) is 66.9 Å². The van der Waals surface area contributed by atoms with Crippen molar-refractivity contribution in [2.45, 2.75) is 13.8 Å². The van der Waals surface area contributed by atoms with Gasteiger partial charge in [-0.25, -0.2) is 14.2 Å². The maximum absolute atomic E-state index is 13.3. The Morgan fingerprint density at radius 1 is 1.08 bits per heavy atom. The Labute approximate surface area is 211 Å². The summed E-state index contributed by atoms with van der Waals surface area (Å²) < 4.78 is 25.5. The lowest BCUT2D eigenvalue weighted by Gasteiger charge is -2.13. The highest BCUT2D eigenvalue weighted by Gasteiger charge is 2.22. The number of hydrogen-bond acceptors (Lipinski definition) is 8. The standard InChI is InChI=1S/C27H23FN6O3/c1-4-37-27(35)20-15-29-34(24-14-16(2)19-6-5-7-22(36-3)25(19)31-24)26(20)30-23-13-12-21(32-33-23)17-8-10-18(28)11-9-17/h5-15H,4H2,1-3H3,(H,30,33). The van der Waals surface area contributed by atoms with Gasteiger partial charge in [-0.05, 0) is 67.9 Å². The average molecular weight is 499 g/mol. The van der Waals surface area contributed by atoms with Crippen LogP contribution in [0.2, 0.25) is 0 Å². The van der Waals surface area contributed by atoms with E-state index in [2.05, 4.69) is 20.6 Å².